The third kappa shape index (κ3) is 2.81. The van der Waals surface area contributed by atoms with Crippen LogP contribution in [0.3, 0.4) is 0 Å². The first-order valence-corrected chi connectivity index (χ1v) is 8.54. The molecular weight excluding hydrogens is 382 g/mol. The Morgan fingerprint density at radius 1 is 1.48 bits per heavy atom. The van der Waals surface area contributed by atoms with Crippen molar-refractivity contribution in [1.29, 1.82) is 0 Å². The van der Waals surface area contributed by atoms with Crippen LogP contribution in [0.2, 0.25) is 0 Å². The number of fused-ring (bicyclic) bond motifs is 1. The van der Waals surface area contributed by atoms with Crippen LogP contribution in [-0.4, -0.2) is 25.3 Å². The van der Waals surface area contributed by atoms with E-state index in [2.05, 4.69) is 31.4 Å². The molecule has 0 aliphatic heterocycles. The van der Waals surface area contributed by atoms with Crippen LogP contribution in [0.15, 0.2) is 21.5 Å². The molecule has 0 aromatic carbocycles. The number of nitrogens with zero attached hydrogens (tertiary/aromatic N) is 4. The zero-order valence-corrected chi connectivity index (χ0v) is 15.2. The molecule has 3 rings (SSSR count). The highest BCUT2D eigenvalue weighted by Crippen LogP contribution is 2.21. The number of thiophene rings is 1. The van der Waals surface area contributed by atoms with E-state index in [1.807, 2.05) is 13.0 Å². The maximum absolute atomic E-state index is 12.6. The average molecular weight is 396 g/mol. The van der Waals surface area contributed by atoms with Gasteiger partial charge in [0.05, 0.1) is 9.86 Å². The Morgan fingerprint density at radius 3 is 2.83 bits per heavy atom. The number of carbonyl (C=O) groups excluding carboxylic acids is 1. The van der Waals surface area contributed by atoms with Crippen molar-refractivity contribution in [2.75, 3.05) is 5.43 Å². The summed E-state index contributed by atoms with van der Waals surface area (Å²) >= 11 is 4.77. The van der Waals surface area contributed by atoms with Gasteiger partial charge in [-0.15, -0.1) is 11.3 Å². The minimum absolute atomic E-state index is 0.207. The Kier molecular flexibility index (Phi) is 4.07. The third-order valence-electron chi connectivity index (χ3n) is 3.34. The van der Waals surface area contributed by atoms with E-state index in [1.165, 1.54) is 16.0 Å². The highest BCUT2D eigenvalue weighted by Gasteiger charge is 2.18. The molecule has 0 unspecified atom stereocenters. The van der Waals surface area contributed by atoms with Crippen LogP contribution < -0.4 is 11.0 Å². The first-order chi connectivity index (χ1) is 10.9. The predicted octanol–water partition coefficient (Wildman–Crippen LogP) is 2.21. The van der Waals surface area contributed by atoms with Crippen LogP contribution in [0, 0.1) is 6.92 Å². The minimum atomic E-state index is -0.477. The van der Waals surface area contributed by atoms with Crippen LogP contribution >= 0.6 is 27.3 Å². The van der Waals surface area contributed by atoms with E-state index in [-0.39, 0.29) is 11.3 Å². The first kappa shape index (κ1) is 15.9. The summed E-state index contributed by atoms with van der Waals surface area (Å²) in [6, 6.07) is 1.83. The van der Waals surface area contributed by atoms with Crippen molar-refractivity contribution in [3.63, 3.8) is 0 Å². The van der Waals surface area contributed by atoms with E-state index in [0.29, 0.717) is 20.5 Å². The highest BCUT2D eigenvalue weighted by atomic mass is 79.9. The lowest BCUT2D eigenvalue weighted by Crippen LogP contribution is -2.35. The molecule has 3 aromatic heterocycles. The number of nitrogens with one attached hydrogen (secondary N) is 1. The van der Waals surface area contributed by atoms with Gasteiger partial charge in [0.15, 0.2) is 5.69 Å². The number of aromatic nitrogens is 4. The van der Waals surface area contributed by atoms with Gasteiger partial charge < -0.3 is 0 Å². The van der Waals surface area contributed by atoms with Gasteiger partial charge in [0.1, 0.15) is 10.7 Å². The third-order valence-corrected chi connectivity index (χ3v) is 5.10. The Hall–Kier alpha value is -2.00. The molecule has 0 saturated carbocycles. The van der Waals surface area contributed by atoms with Gasteiger partial charge in [-0.2, -0.15) is 5.10 Å². The van der Waals surface area contributed by atoms with E-state index in [1.54, 1.807) is 20.2 Å². The monoisotopic (exact) mass is 395 g/mol. The van der Waals surface area contributed by atoms with Gasteiger partial charge in [-0.1, -0.05) is 6.92 Å². The molecule has 0 bridgehead atoms. The summed E-state index contributed by atoms with van der Waals surface area (Å²) in [5.74, 6) is -0.0535. The number of amides is 1. The Balaban J connectivity index is 2.04. The molecule has 9 heteroatoms. The topological polar surface area (TPSA) is 81.8 Å². The molecule has 0 aliphatic rings. The van der Waals surface area contributed by atoms with Gasteiger partial charge >= 0.3 is 0 Å². The normalized spacial score (nSPS) is 11.1. The van der Waals surface area contributed by atoms with Gasteiger partial charge in [-0.25, -0.2) is 9.66 Å². The van der Waals surface area contributed by atoms with Gasteiger partial charge in [0, 0.05) is 18.1 Å². The predicted molar refractivity (Wildman–Crippen MR) is 92.6 cm³/mol. The smallest absolute Gasteiger partial charge is 0.274 e. The van der Waals surface area contributed by atoms with Crippen LogP contribution in [0.4, 0.5) is 0 Å². The summed E-state index contributed by atoms with van der Waals surface area (Å²) in [6.45, 7) is 3.70. The van der Waals surface area contributed by atoms with Crippen LogP contribution in [0.5, 0.6) is 0 Å². The summed E-state index contributed by atoms with van der Waals surface area (Å²) in [7, 11) is 1.71. The fraction of sp³-hybridized carbons (Fsp3) is 0.286. The molecule has 0 spiro atoms. The number of halogens is 1. The molecule has 120 valence electrons. The summed E-state index contributed by atoms with van der Waals surface area (Å²) in [5, 5.41) is 4.58. The highest BCUT2D eigenvalue weighted by molar-refractivity contribution is 9.10. The quantitative estimate of drug-likeness (QED) is 0.736. The maximum Gasteiger partial charge on any atom is 0.291 e. The molecule has 0 atom stereocenters. The van der Waals surface area contributed by atoms with Gasteiger partial charge in [0.2, 0.25) is 0 Å². The second-order valence-electron chi connectivity index (χ2n) is 5.02. The van der Waals surface area contributed by atoms with Crippen molar-refractivity contribution in [3.05, 3.63) is 43.5 Å². The van der Waals surface area contributed by atoms with Crippen molar-refractivity contribution in [1.82, 2.24) is 19.4 Å². The Bertz CT molecular complexity index is 972. The lowest BCUT2D eigenvalue weighted by Gasteiger charge is -2.09. The zero-order valence-electron chi connectivity index (χ0n) is 12.8. The number of aryl methyl sites for hydroxylation is 3. The standard InChI is InChI=1S/C14H14BrN5O2S/c1-4-8-5-9-13(23-8)16-7(2)20(14(9)22)18-12(21)11-10(15)6-19(3)17-11/h5-6H,4H2,1-3H3,(H,18,21). The van der Waals surface area contributed by atoms with Gasteiger partial charge in [0.25, 0.3) is 11.5 Å². The number of carbonyl (C=O) groups is 1. The Morgan fingerprint density at radius 2 is 2.22 bits per heavy atom. The maximum atomic E-state index is 12.6. The van der Waals surface area contributed by atoms with Crippen molar-refractivity contribution < 1.29 is 4.79 Å². The van der Waals surface area contributed by atoms with E-state index in [4.69, 9.17) is 0 Å². The van der Waals surface area contributed by atoms with Crippen LogP contribution in [0.25, 0.3) is 10.2 Å². The number of hydrogen-bond acceptors (Lipinski definition) is 5. The minimum Gasteiger partial charge on any atom is -0.274 e. The summed E-state index contributed by atoms with van der Waals surface area (Å²) in [5.41, 5.74) is 2.49. The molecule has 1 amide bonds. The molecule has 0 saturated heterocycles. The summed E-state index contributed by atoms with van der Waals surface area (Å²) in [4.78, 5) is 31.1. The second-order valence-corrected chi connectivity index (χ2v) is 6.99. The molecule has 3 aromatic rings. The fourth-order valence-electron chi connectivity index (χ4n) is 2.21. The molecule has 3 heterocycles. The molecular formula is C14H14BrN5O2S. The molecule has 0 fully saturated rings. The molecule has 1 N–H and O–H groups in total. The summed E-state index contributed by atoms with van der Waals surface area (Å²) < 4.78 is 3.24. The SMILES string of the molecule is CCc1cc2c(=O)n(NC(=O)c3nn(C)cc3Br)c(C)nc2s1. The number of hydrogen-bond donors (Lipinski definition) is 1. The van der Waals surface area contributed by atoms with Crippen molar-refractivity contribution in [2.45, 2.75) is 20.3 Å². The lowest BCUT2D eigenvalue weighted by molar-refractivity contribution is 0.1000. The van der Waals surface area contributed by atoms with E-state index in [0.717, 1.165) is 16.0 Å². The van der Waals surface area contributed by atoms with E-state index >= 15 is 0 Å². The fourth-order valence-corrected chi connectivity index (χ4v) is 3.76. The average Bonchev–Trinajstić information content (AvgIpc) is 3.06. The van der Waals surface area contributed by atoms with Crippen LogP contribution in [0.1, 0.15) is 28.1 Å². The number of rotatable bonds is 3. The van der Waals surface area contributed by atoms with E-state index in [9.17, 15) is 9.59 Å². The first-order valence-electron chi connectivity index (χ1n) is 6.93. The Labute approximate surface area is 144 Å². The molecule has 23 heavy (non-hydrogen) atoms. The largest absolute Gasteiger partial charge is 0.291 e. The molecule has 0 aliphatic carbocycles. The summed E-state index contributed by atoms with van der Waals surface area (Å²) in [6.07, 6.45) is 2.51. The lowest BCUT2D eigenvalue weighted by atomic mass is 10.3. The second kappa shape index (κ2) is 5.89. The van der Waals surface area contributed by atoms with Crippen molar-refractivity contribution in [2.24, 2.45) is 7.05 Å². The van der Waals surface area contributed by atoms with Gasteiger partial charge in [-0.05, 0) is 35.3 Å². The van der Waals surface area contributed by atoms with E-state index < -0.39 is 5.91 Å². The molecule has 0 radical (unpaired) electrons. The van der Waals surface area contributed by atoms with Gasteiger partial charge in [-0.3, -0.25) is 19.7 Å². The van der Waals surface area contributed by atoms with Crippen molar-refractivity contribution in [3.8, 4) is 0 Å². The molecule has 7 nitrogen and oxygen atoms in total. The van der Waals surface area contributed by atoms with Crippen LogP contribution in [-0.2, 0) is 13.5 Å². The van der Waals surface area contributed by atoms with Crippen molar-refractivity contribution >= 4 is 43.4 Å². The zero-order chi connectivity index (χ0) is 16.7.